The molecule has 1 saturated heterocycles. The molecule has 0 radical (unpaired) electrons. The highest BCUT2D eigenvalue weighted by atomic mass is 19.4. The molecule has 0 aliphatic carbocycles. The predicted octanol–water partition coefficient (Wildman–Crippen LogP) is 2.87. The fourth-order valence-electron chi connectivity index (χ4n) is 3.74. The van der Waals surface area contributed by atoms with Crippen molar-refractivity contribution < 1.29 is 18.0 Å². The summed E-state index contributed by atoms with van der Waals surface area (Å²) in [6, 6.07) is 3.75. The Morgan fingerprint density at radius 2 is 2.11 bits per heavy atom. The number of carbonyl (C=O) groups is 1. The van der Waals surface area contributed by atoms with Crippen molar-refractivity contribution in [3.05, 3.63) is 41.7 Å². The standard InChI is InChI=1S/C18H24F3N5O/c1-22-17(27)15-7-6-13(24(15)2)14-5-3-4-9-25(14)11-16-23-8-10-26(16)12-18(19,20)21/h6-8,10,14H,3-5,9,11-12H2,1-2H3,(H,22,27)/t14-/m0/s1. The summed E-state index contributed by atoms with van der Waals surface area (Å²) in [4.78, 5) is 18.3. The number of amides is 1. The molecule has 27 heavy (non-hydrogen) atoms. The number of nitrogens with one attached hydrogen (secondary N) is 1. The molecule has 6 nitrogen and oxygen atoms in total. The third-order valence-electron chi connectivity index (χ3n) is 5.07. The van der Waals surface area contributed by atoms with E-state index < -0.39 is 12.7 Å². The molecule has 1 aliphatic rings. The lowest BCUT2D eigenvalue weighted by molar-refractivity contribution is -0.141. The highest BCUT2D eigenvalue weighted by Crippen LogP contribution is 2.33. The van der Waals surface area contributed by atoms with Gasteiger partial charge in [-0.05, 0) is 31.5 Å². The number of hydrogen-bond acceptors (Lipinski definition) is 3. The van der Waals surface area contributed by atoms with Gasteiger partial charge in [0.15, 0.2) is 0 Å². The molecule has 0 bridgehead atoms. The predicted molar refractivity (Wildman–Crippen MR) is 94.1 cm³/mol. The fraction of sp³-hybridized carbons (Fsp3) is 0.556. The van der Waals surface area contributed by atoms with Gasteiger partial charge in [0, 0.05) is 32.2 Å². The first-order valence-electron chi connectivity index (χ1n) is 8.98. The van der Waals surface area contributed by atoms with Gasteiger partial charge in [0.25, 0.3) is 5.91 Å². The number of piperidine rings is 1. The van der Waals surface area contributed by atoms with E-state index in [2.05, 4.69) is 15.2 Å². The number of imidazole rings is 1. The quantitative estimate of drug-likeness (QED) is 0.864. The molecule has 1 amide bonds. The van der Waals surface area contributed by atoms with Gasteiger partial charge in [0.1, 0.15) is 18.1 Å². The van der Waals surface area contributed by atoms with Crippen LogP contribution in [0.4, 0.5) is 13.2 Å². The highest BCUT2D eigenvalue weighted by Gasteiger charge is 2.31. The van der Waals surface area contributed by atoms with Gasteiger partial charge in [-0.3, -0.25) is 9.69 Å². The molecule has 1 atom stereocenters. The molecule has 0 unspecified atom stereocenters. The molecule has 3 heterocycles. The number of halogens is 3. The van der Waals surface area contributed by atoms with Gasteiger partial charge in [-0.2, -0.15) is 13.2 Å². The molecular formula is C18H24F3N5O. The van der Waals surface area contributed by atoms with E-state index in [1.807, 2.05) is 17.7 Å². The lowest BCUT2D eigenvalue weighted by Gasteiger charge is -2.36. The number of rotatable bonds is 5. The zero-order valence-corrected chi connectivity index (χ0v) is 15.5. The van der Waals surface area contributed by atoms with Gasteiger partial charge in [-0.1, -0.05) is 6.42 Å². The Morgan fingerprint density at radius 1 is 1.33 bits per heavy atom. The van der Waals surface area contributed by atoms with Crippen molar-refractivity contribution in [2.75, 3.05) is 13.6 Å². The number of nitrogens with zero attached hydrogens (tertiary/aromatic N) is 4. The van der Waals surface area contributed by atoms with Gasteiger partial charge < -0.3 is 14.5 Å². The van der Waals surface area contributed by atoms with E-state index in [0.29, 0.717) is 18.1 Å². The van der Waals surface area contributed by atoms with Crippen molar-refractivity contribution in [3.8, 4) is 0 Å². The maximum Gasteiger partial charge on any atom is 0.406 e. The van der Waals surface area contributed by atoms with E-state index in [1.165, 1.54) is 12.4 Å². The summed E-state index contributed by atoms with van der Waals surface area (Å²) in [7, 11) is 3.43. The van der Waals surface area contributed by atoms with Crippen molar-refractivity contribution in [1.82, 2.24) is 24.3 Å². The molecular weight excluding hydrogens is 359 g/mol. The van der Waals surface area contributed by atoms with Gasteiger partial charge >= 0.3 is 6.18 Å². The van der Waals surface area contributed by atoms with Gasteiger partial charge in [0.2, 0.25) is 0 Å². The summed E-state index contributed by atoms with van der Waals surface area (Å²) < 4.78 is 41.4. The summed E-state index contributed by atoms with van der Waals surface area (Å²) in [5.41, 5.74) is 1.55. The highest BCUT2D eigenvalue weighted by molar-refractivity contribution is 5.92. The summed E-state index contributed by atoms with van der Waals surface area (Å²) in [6.45, 7) is 0.0874. The molecule has 1 N–H and O–H groups in total. The summed E-state index contributed by atoms with van der Waals surface area (Å²) in [5, 5.41) is 2.62. The van der Waals surface area contributed by atoms with Crippen molar-refractivity contribution in [2.24, 2.45) is 7.05 Å². The molecule has 3 rings (SSSR count). The maximum atomic E-state index is 12.8. The maximum absolute atomic E-state index is 12.8. The largest absolute Gasteiger partial charge is 0.406 e. The van der Waals surface area contributed by atoms with Crippen LogP contribution in [0.25, 0.3) is 0 Å². The minimum atomic E-state index is -4.28. The molecule has 1 fully saturated rings. The summed E-state index contributed by atoms with van der Waals surface area (Å²) >= 11 is 0. The molecule has 148 valence electrons. The normalized spacial score (nSPS) is 18.6. The minimum absolute atomic E-state index is 0.0400. The van der Waals surface area contributed by atoms with Crippen LogP contribution < -0.4 is 5.32 Å². The number of aromatic nitrogens is 3. The summed E-state index contributed by atoms with van der Waals surface area (Å²) in [5.74, 6) is 0.242. The lowest BCUT2D eigenvalue weighted by atomic mass is 9.99. The van der Waals surface area contributed by atoms with Crippen molar-refractivity contribution in [3.63, 3.8) is 0 Å². The first-order chi connectivity index (χ1) is 12.8. The average Bonchev–Trinajstić information content (AvgIpc) is 3.20. The van der Waals surface area contributed by atoms with Crippen LogP contribution in [0.1, 0.15) is 47.3 Å². The summed E-state index contributed by atoms with van der Waals surface area (Å²) in [6.07, 6.45) is 1.42. The number of hydrogen-bond donors (Lipinski definition) is 1. The van der Waals surface area contributed by atoms with E-state index in [0.717, 1.165) is 36.1 Å². The van der Waals surface area contributed by atoms with Gasteiger partial charge in [-0.15, -0.1) is 0 Å². The second-order valence-corrected chi connectivity index (χ2v) is 6.85. The van der Waals surface area contributed by atoms with Crippen molar-refractivity contribution in [1.29, 1.82) is 0 Å². The van der Waals surface area contributed by atoms with E-state index in [9.17, 15) is 18.0 Å². The second-order valence-electron chi connectivity index (χ2n) is 6.85. The van der Waals surface area contributed by atoms with E-state index in [1.54, 1.807) is 13.1 Å². The molecule has 0 aromatic carbocycles. The topological polar surface area (TPSA) is 55.1 Å². The Labute approximate surface area is 156 Å². The monoisotopic (exact) mass is 383 g/mol. The van der Waals surface area contributed by atoms with Crippen LogP contribution in [0.3, 0.4) is 0 Å². The van der Waals surface area contributed by atoms with Crippen LogP contribution in [-0.2, 0) is 20.1 Å². The minimum Gasteiger partial charge on any atom is -0.354 e. The first-order valence-corrected chi connectivity index (χ1v) is 8.98. The Balaban J connectivity index is 1.82. The smallest absolute Gasteiger partial charge is 0.354 e. The van der Waals surface area contributed by atoms with Crippen LogP contribution >= 0.6 is 0 Å². The SMILES string of the molecule is CNC(=O)c1ccc([C@@H]2CCCCN2Cc2nccn2CC(F)(F)F)n1C. The van der Waals surface area contributed by atoms with Crippen LogP contribution in [0.2, 0.25) is 0 Å². The first kappa shape index (κ1) is 19.5. The molecule has 0 spiro atoms. The van der Waals surface area contributed by atoms with Gasteiger partial charge in [0.05, 0.1) is 12.6 Å². The molecule has 1 aliphatic heterocycles. The van der Waals surface area contributed by atoms with Crippen LogP contribution in [-0.4, -0.2) is 44.7 Å². The Bertz CT molecular complexity index is 795. The van der Waals surface area contributed by atoms with E-state index >= 15 is 0 Å². The fourth-order valence-corrected chi connectivity index (χ4v) is 3.74. The second kappa shape index (κ2) is 7.75. The van der Waals surface area contributed by atoms with E-state index in [-0.39, 0.29) is 11.9 Å². The molecule has 2 aromatic heterocycles. The van der Waals surface area contributed by atoms with Crippen molar-refractivity contribution >= 4 is 5.91 Å². The molecule has 2 aromatic rings. The zero-order chi connectivity index (χ0) is 19.6. The number of carbonyl (C=O) groups excluding carboxylic acids is 1. The number of likely N-dealkylation sites (tertiary alicyclic amines) is 1. The Hall–Kier alpha value is -2.29. The Morgan fingerprint density at radius 3 is 2.81 bits per heavy atom. The molecule has 0 saturated carbocycles. The zero-order valence-electron chi connectivity index (χ0n) is 15.5. The van der Waals surface area contributed by atoms with Crippen molar-refractivity contribution in [2.45, 2.75) is 44.6 Å². The van der Waals surface area contributed by atoms with Crippen LogP contribution in [0.15, 0.2) is 24.5 Å². The molecule has 9 heteroatoms. The lowest BCUT2D eigenvalue weighted by Crippen LogP contribution is -2.35. The van der Waals surface area contributed by atoms with Gasteiger partial charge in [-0.25, -0.2) is 4.98 Å². The van der Waals surface area contributed by atoms with Crippen LogP contribution in [0, 0.1) is 0 Å². The van der Waals surface area contributed by atoms with Crippen LogP contribution in [0.5, 0.6) is 0 Å². The third kappa shape index (κ3) is 4.35. The third-order valence-corrected chi connectivity index (χ3v) is 5.07. The van der Waals surface area contributed by atoms with E-state index in [4.69, 9.17) is 0 Å². The average molecular weight is 383 g/mol. The Kier molecular flexibility index (Phi) is 5.59. The number of alkyl halides is 3.